The molecule has 1 aliphatic rings. The van der Waals surface area contributed by atoms with Crippen LogP contribution in [-0.4, -0.2) is 21.6 Å². The van der Waals surface area contributed by atoms with Gasteiger partial charge < -0.3 is 20.4 Å². The first-order valence-electron chi connectivity index (χ1n) is 13.0. The summed E-state index contributed by atoms with van der Waals surface area (Å²) >= 11 is 0. The Hall–Kier alpha value is -4.64. The number of halogens is 1. The smallest absolute Gasteiger partial charge is 0.243 e. The second-order valence-electron chi connectivity index (χ2n) is 9.81. The standard InChI is InChI=1S/C31H30FN5O2/c1-3-26(38)35-17-19-9-14-24(25(32)15-19)30-27(28-29(37(30)2)21(16-33)18-36-31(28)34)20-10-12-23(13-11-20)39-22-7-5-4-6-8-22/h3,9-15,18,22H,1,4-8,17H2,2H3,(H2,34,36)(H,35,38). The molecule has 0 atom stereocenters. The van der Waals surface area contributed by atoms with E-state index in [-0.39, 0.29) is 24.4 Å². The molecule has 39 heavy (non-hydrogen) atoms. The molecule has 0 saturated heterocycles. The van der Waals surface area contributed by atoms with E-state index in [1.54, 1.807) is 23.7 Å². The average Bonchev–Trinajstić information content (AvgIpc) is 3.26. The summed E-state index contributed by atoms with van der Waals surface area (Å²) in [6.07, 6.45) is 8.56. The van der Waals surface area contributed by atoms with Crippen LogP contribution in [0.5, 0.6) is 5.75 Å². The lowest BCUT2D eigenvalue weighted by atomic mass is 9.96. The van der Waals surface area contributed by atoms with E-state index >= 15 is 4.39 Å². The highest BCUT2D eigenvalue weighted by molar-refractivity contribution is 6.10. The molecule has 1 fully saturated rings. The zero-order chi connectivity index (χ0) is 27.5. The number of carbonyl (C=O) groups excluding carboxylic acids is 1. The summed E-state index contributed by atoms with van der Waals surface area (Å²) in [4.78, 5) is 15.8. The van der Waals surface area contributed by atoms with Gasteiger partial charge in [-0.25, -0.2) is 9.37 Å². The van der Waals surface area contributed by atoms with E-state index in [0.29, 0.717) is 38.9 Å². The van der Waals surface area contributed by atoms with Crippen molar-refractivity contribution in [3.63, 3.8) is 0 Å². The number of nitrogens with two attached hydrogens (primary N) is 1. The summed E-state index contributed by atoms with van der Waals surface area (Å²) in [6, 6.07) is 14.7. The van der Waals surface area contributed by atoms with Crippen molar-refractivity contribution in [2.75, 3.05) is 5.73 Å². The van der Waals surface area contributed by atoms with Crippen LogP contribution in [-0.2, 0) is 18.4 Å². The molecule has 1 saturated carbocycles. The van der Waals surface area contributed by atoms with Gasteiger partial charge in [0.1, 0.15) is 23.5 Å². The van der Waals surface area contributed by atoms with Crippen molar-refractivity contribution in [2.45, 2.75) is 44.8 Å². The molecule has 3 N–H and O–H groups in total. The van der Waals surface area contributed by atoms with E-state index in [2.05, 4.69) is 22.9 Å². The van der Waals surface area contributed by atoms with Crippen LogP contribution in [0.15, 0.2) is 61.3 Å². The lowest BCUT2D eigenvalue weighted by Crippen LogP contribution is -2.20. The minimum Gasteiger partial charge on any atom is -0.490 e. The van der Waals surface area contributed by atoms with Gasteiger partial charge in [0.05, 0.1) is 28.3 Å². The van der Waals surface area contributed by atoms with Crippen LogP contribution in [0.25, 0.3) is 33.3 Å². The Morgan fingerprint density at radius 1 is 1.26 bits per heavy atom. The first-order valence-corrected chi connectivity index (χ1v) is 13.0. The van der Waals surface area contributed by atoms with Crippen molar-refractivity contribution in [1.82, 2.24) is 14.9 Å². The monoisotopic (exact) mass is 523 g/mol. The second kappa shape index (κ2) is 11.0. The van der Waals surface area contributed by atoms with Gasteiger partial charge in [0.25, 0.3) is 0 Å². The van der Waals surface area contributed by atoms with Crippen LogP contribution in [0, 0.1) is 17.1 Å². The third-order valence-electron chi connectivity index (χ3n) is 7.30. The zero-order valence-corrected chi connectivity index (χ0v) is 21.8. The fourth-order valence-corrected chi connectivity index (χ4v) is 5.38. The number of anilines is 1. The van der Waals surface area contributed by atoms with Crippen molar-refractivity contribution in [1.29, 1.82) is 5.26 Å². The predicted octanol–water partition coefficient (Wildman–Crippen LogP) is 6.01. The highest BCUT2D eigenvalue weighted by Gasteiger charge is 2.25. The number of carbonyl (C=O) groups is 1. The number of ether oxygens (including phenoxy) is 1. The zero-order valence-electron chi connectivity index (χ0n) is 21.8. The summed E-state index contributed by atoms with van der Waals surface area (Å²) < 4.78 is 23.7. The summed E-state index contributed by atoms with van der Waals surface area (Å²) in [6.45, 7) is 3.60. The number of nitrogen functional groups attached to an aromatic ring is 1. The summed E-state index contributed by atoms with van der Waals surface area (Å²) in [5, 5.41) is 13.1. The third-order valence-corrected chi connectivity index (χ3v) is 7.30. The van der Waals surface area contributed by atoms with Gasteiger partial charge >= 0.3 is 0 Å². The van der Waals surface area contributed by atoms with Crippen LogP contribution in [0.2, 0.25) is 0 Å². The van der Waals surface area contributed by atoms with E-state index < -0.39 is 5.82 Å². The van der Waals surface area contributed by atoms with E-state index in [1.165, 1.54) is 37.6 Å². The Labute approximate surface area is 226 Å². The first kappa shape index (κ1) is 26.0. The normalized spacial score (nSPS) is 13.7. The van der Waals surface area contributed by atoms with Crippen molar-refractivity contribution >= 4 is 22.6 Å². The molecule has 0 radical (unpaired) electrons. The maximum atomic E-state index is 15.7. The molecule has 0 aliphatic heterocycles. The molecule has 2 aromatic heterocycles. The number of nitrogens with zero attached hydrogens (tertiary/aromatic N) is 3. The second-order valence-corrected chi connectivity index (χ2v) is 9.81. The largest absolute Gasteiger partial charge is 0.490 e. The van der Waals surface area contributed by atoms with Crippen molar-refractivity contribution in [3.8, 4) is 34.2 Å². The molecule has 0 bridgehead atoms. The highest BCUT2D eigenvalue weighted by atomic mass is 19.1. The lowest BCUT2D eigenvalue weighted by molar-refractivity contribution is -0.116. The number of benzene rings is 2. The van der Waals surface area contributed by atoms with Gasteiger partial charge in [-0.2, -0.15) is 5.26 Å². The molecule has 0 spiro atoms. The average molecular weight is 524 g/mol. The molecular formula is C31H30FN5O2. The predicted molar refractivity (Wildman–Crippen MR) is 150 cm³/mol. The molecule has 1 amide bonds. The molecule has 2 heterocycles. The van der Waals surface area contributed by atoms with Crippen LogP contribution in [0.1, 0.15) is 43.2 Å². The Morgan fingerprint density at radius 3 is 2.67 bits per heavy atom. The van der Waals surface area contributed by atoms with Crippen LogP contribution in [0.4, 0.5) is 10.2 Å². The number of hydrogen-bond acceptors (Lipinski definition) is 5. The van der Waals surface area contributed by atoms with Gasteiger partial charge in [-0.05, 0) is 67.2 Å². The van der Waals surface area contributed by atoms with Gasteiger partial charge in [-0.3, -0.25) is 4.79 Å². The lowest BCUT2D eigenvalue weighted by Gasteiger charge is -2.23. The Kier molecular flexibility index (Phi) is 7.33. The summed E-state index contributed by atoms with van der Waals surface area (Å²) in [5.74, 6) is 0.245. The number of hydrogen-bond donors (Lipinski definition) is 2. The van der Waals surface area contributed by atoms with Crippen molar-refractivity contribution < 1.29 is 13.9 Å². The van der Waals surface area contributed by atoms with Crippen LogP contribution in [0.3, 0.4) is 0 Å². The molecule has 4 aromatic rings. The van der Waals surface area contributed by atoms with E-state index in [9.17, 15) is 10.1 Å². The molecule has 8 heteroatoms. The molecule has 7 nitrogen and oxygen atoms in total. The van der Waals surface area contributed by atoms with Crippen LogP contribution >= 0.6 is 0 Å². The number of aryl methyl sites for hydroxylation is 1. The van der Waals surface area contributed by atoms with Gasteiger partial charge in [0.2, 0.25) is 5.91 Å². The topological polar surface area (TPSA) is 106 Å². The van der Waals surface area contributed by atoms with Gasteiger partial charge in [0.15, 0.2) is 0 Å². The van der Waals surface area contributed by atoms with Gasteiger partial charge in [-0.15, -0.1) is 0 Å². The van der Waals surface area contributed by atoms with Crippen molar-refractivity contribution in [2.24, 2.45) is 7.05 Å². The number of pyridine rings is 1. The first-order chi connectivity index (χ1) is 18.9. The van der Waals surface area contributed by atoms with E-state index in [4.69, 9.17) is 10.5 Å². The number of amides is 1. The molecule has 1 aliphatic carbocycles. The third kappa shape index (κ3) is 5.08. The van der Waals surface area contributed by atoms with Crippen LogP contribution < -0.4 is 15.8 Å². The number of aromatic nitrogens is 2. The Balaban J connectivity index is 1.62. The van der Waals surface area contributed by atoms with E-state index in [0.717, 1.165) is 24.2 Å². The molecule has 2 aromatic carbocycles. The maximum Gasteiger partial charge on any atom is 0.243 e. The minimum absolute atomic E-state index is 0.169. The SMILES string of the molecule is C=CC(=O)NCc1ccc(-c2c(-c3ccc(OC4CCCCC4)cc3)c3c(N)ncc(C#N)c3n2C)c(F)c1. The Bertz CT molecular complexity index is 1590. The van der Waals surface area contributed by atoms with E-state index in [1.807, 2.05) is 24.3 Å². The Morgan fingerprint density at radius 2 is 2.00 bits per heavy atom. The number of rotatable bonds is 7. The molecular weight excluding hydrogens is 493 g/mol. The molecule has 0 unspecified atom stereocenters. The number of nitriles is 1. The molecule has 198 valence electrons. The highest BCUT2D eigenvalue weighted by Crippen LogP contribution is 2.44. The summed E-state index contributed by atoms with van der Waals surface area (Å²) in [7, 11) is 1.79. The maximum absolute atomic E-state index is 15.7. The molecule has 5 rings (SSSR count). The fourth-order valence-electron chi connectivity index (χ4n) is 5.38. The fraction of sp³-hybridized carbons (Fsp3) is 0.258. The van der Waals surface area contributed by atoms with Gasteiger partial charge in [0, 0.05) is 30.9 Å². The number of nitrogens with one attached hydrogen (secondary N) is 1. The number of fused-ring (bicyclic) bond motifs is 1. The minimum atomic E-state index is -0.463. The van der Waals surface area contributed by atoms with Crippen molar-refractivity contribution in [3.05, 3.63) is 78.3 Å². The summed E-state index contributed by atoms with van der Waals surface area (Å²) in [5.41, 5.74) is 10.3. The van der Waals surface area contributed by atoms with Gasteiger partial charge in [-0.1, -0.05) is 31.2 Å². The quantitative estimate of drug-likeness (QED) is 0.289.